The Labute approximate surface area is 219 Å². The maximum absolute atomic E-state index is 13.9. The standard InChI is InChI=1S/C31H35N5O/c1-3-21-16-25(24-8-9-24)27(30-33-28-12-13-35(2)19-29(28)34-30)17-26(21)31(37)36-14-10-23(11-15-36)22-6-4-20(18-32)5-7-22/h4-7,16-17,23-24H,3,8-15,19H2,1-2H3,(H,33,34). The van der Waals surface area contributed by atoms with Crippen molar-refractivity contribution in [2.75, 3.05) is 26.7 Å². The quantitative estimate of drug-likeness (QED) is 0.517. The van der Waals surface area contributed by atoms with Crippen LogP contribution in [0.25, 0.3) is 11.4 Å². The van der Waals surface area contributed by atoms with Crippen molar-refractivity contribution in [3.8, 4) is 17.5 Å². The fourth-order valence-electron chi connectivity index (χ4n) is 6.06. The highest BCUT2D eigenvalue weighted by Gasteiger charge is 2.32. The summed E-state index contributed by atoms with van der Waals surface area (Å²) in [5, 5.41) is 9.08. The van der Waals surface area contributed by atoms with E-state index in [0.717, 1.165) is 74.4 Å². The summed E-state index contributed by atoms with van der Waals surface area (Å²) < 4.78 is 0. The minimum absolute atomic E-state index is 0.148. The van der Waals surface area contributed by atoms with Gasteiger partial charge in [0.2, 0.25) is 0 Å². The first-order valence-electron chi connectivity index (χ1n) is 13.8. The summed E-state index contributed by atoms with van der Waals surface area (Å²) in [5.74, 6) is 2.09. The van der Waals surface area contributed by atoms with Crippen LogP contribution in [0, 0.1) is 11.3 Å². The third-order valence-electron chi connectivity index (χ3n) is 8.48. The molecular formula is C31H35N5O. The first-order chi connectivity index (χ1) is 18.0. The largest absolute Gasteiger partial charge is 0.341 e. The van der Waals surface area contributed by atoms with Gasteiger partial charge in [-0.1, -0.05) is 25.1 Å². The number of fused-ring (bicyclic) bond motifs is 1. The number of aryl methyl sites for hydroxylation is 1. The molecule has 0 atom stereocenters. The fraction of sp³-hybridized carbons (Fsp3) is 0.452. The van der Waals surface area contributed by atoms with Crippen LogP contribution in [0.1, 0.15) is 88.4 Å². The van der Waals surface area contributed by atoms with Gasteiger partial charge in [-0.2, -0.15) is 5.26 Å². The number of nitrogens with one attached hydrogen (secondary N) is 1. The highest BCUT2D eigenvalue weighted by Crippen LogP contribution is 2.45. The van der Waals surface area contributed by atoms with Gasteiger partial charge in [-0.15, -0.1) is 0 Å². The van der Waals surface area contributed by atoms with E-state index in [-0.39, 0.29) is 5.91 Å². The van der Waals surface area contributed by atoms with Crippen molar-refractivity contribution < 1.29 is 4.79 Å². The molecule has 1 amide bonds. The van der Waals surface area contributed by atoms with Crippen molar-refractivity contribution in [1.82, 2.24) is 19.8 Å². The summed E-state index contributed by atoms with van der Waals surface area (Å²) in [4.78, 5) is 26.9. The maximum Gasteiger partial charge on any atom is 0.254 e. The van der Waals surface area contributed by atoms with Crippen LogP contribution < -0.4 is 0 Å². The third kappa shape index (κ3) is 4.69. The lowest BCUT2D eigenvalue weighted by molar-refractivity contribution is 0.0712. The SMILES string of the molecule is CCc1cc(C2CC2)c(-c2nc3c([nH]2)CN(C)CC3)cc1C(=O)N1CCC(c2ccc(C#N)cc2)CC1. The zero-order chi connectivity index (χ0) is 25.5. The van der Waals surface area contributed by atoms with Crippen molar-refractivity contribution in [1.29, 1.82) is 5.26 Å². The van der Waals surface area contributed by atoms with Crippen LogP contribution in [0.15, 0.2) is 36.4 Å². The molecule has 6 rings (SSSR count). The van der Waals surface area contributed by atoms with Gasteiger partial charge in [0.25, 0.3) is 5.91 Å². The minimum atomic E-state index is 0.148. The van der Waals surface area contributed by atoms with Gasteiger partial charge in [0, 0.05) is 43.7 Å². The molecule has 0 radical (unpaired) electrons. The number of H-pyrrole nitrogens is 1. The van der Waals surface area contributed by atoms with Crippen LogP contribution in [0.3, 0.4) is 0 Å². The number of likely N-dealkylation sites (N-methyl/N-ethyl adjacent to an activating group) is 1. The second-order valence-electron chi connectivity index (χ2n) is 11.0. The highest BCUT2D eigenvalue weighted by molar-refractivity contribution is 5.97. The zero-order valence-electron chi connectivity index (χ0n) is 21.9. The molecule has 1 N–H and O–H groups in total. The minimum Gasteiger partial charge on any atom is -0.341 e. The van der Waals surface area contributed by atoms with Gasteiger partial charge in [-0.3, -0.25) is 4.79 Å². The van der Waals surface area contributed by atoms with E-state index in [9.17, 15) is 4.79 Å². The molecule has 6 nitrogen and oxygen atoms in total. The average Bonchev–Trinajstić information content (AvgIpc) is 3.71. The predicted octanol–water partition coefficient (Wildman–Crippen LogP) is 5.40. The summed E-state index contributed by atoms with van der Waals surface area (Å²) in [7, 11) is 2.15. The zero-order valence-corrected chi connectivity index (χ0v) is 21.9. The van der Waals surface area contributed by atoms with E-state index in [0.29, 0.717) is 17.4 Å². The van der Waals surface area contributed by atoms with Gasteiger partial charge in [0.05, 0.1) is 23.0 Å². The van der Waals surface area contributed by atoms with Crippen molar-refractivity contribution in [3.63, 3.8) is 0 Å². The Morgan fingerprint density at radius 2 is 1.84 bits per heavy atom. The molecular weight excluding hydrogens is 458 g/mol. The molecule has 3 aliphatic rings. The molecule has 0 spiro atoms. The molecule has 6 heteroatoms. The molecule has 1 saturated carbocycles. The topological polar surface area (TPSA) is 76.0 Å². The average molecular weight is 494 g/mol. The number of amides is 1. The summed E-state index contributed by atoms with van der Waals surface area (Å²) in [6.07, 6.45) is 6.15. The number of imidazole rings is 1. The van der Waals surface area contributed by atoms with Crippen LogP contribution >= 0.6 is 0 Å². The van der Waals surface area contributed by atoms with Crippen LogP contribution in [-0.2, 0) is 19.4 Å². The number of piperidine rings is 1. The maximum atomic E-state index is 13.9. The molecule has 3 aromatic rings. The number of likely N-dealkylation sites (tertiary alicyclic amines) is 1. The molecule has 1 aromatic heterocycles. The number of nitriles is 1. The lowest BCUT2D eigenvalue weighted by Crippen LogP contribution is -2.38. The molecule has 2 aromatic carbocycles. The van der Waals surface area contributed by atoms with Crippen LogP contribution in [0.2, 0.25) is 0 Å². The third-order valence-corrected chi connectivity index (χ3v) is 8.48. The smallest absolute Gasteiger partial charge is 0.254 e. The van der Waals surface area contributed by atoms with Gasteiger partial charge in [0.1, 0.15) is 5.82 Å². The van der Waals surface area contributed by atoms with E-state index in [1.807, 2.05) is 17.0 Å². The Kier molecular flexibility index (Phi) is 6.34. The molecule has 190 valence electrons. The number of hydrogen-bond donors (Lipinski definition) is 1. The highest BCUT2D eigenvalue weighted by atomic mass is 16.2. The van der Waals surface area contributed by atoms with Gasteiger partial charge in [-0.05, 0) is 85.9 Å². The van der Waals surface area contributed by atoms with Gasteiger partial charge in [-0.25, -0.2) is 4.98 Å². The van der Waals surface area contributed by atoms with E-state index in [1.165, 1.54) is 35.4 Å². The molecule has 1 saturated heterocycles. The number of rotatable bonds is 5. The number of nitrogens with zero attached hydrogens (tertiary/aromatic N) is 4. The Bertz CT molecular complexity index is 1350. The lowest BCUT2D eigenvalue weighted by atomic mass is 9.88. The van der Waals surface area contributed by atoms with Crippen molar-refractivity contribution in [3.05, 3.63) is 75.6 Å². The monoisotopic (exact) mass is 493 g/mol. The number of aromatic nitrogens is 2. The number of carbonyl (C=O) groups excluding carboxylic acids is 1. The van der Waals surface area contributed by atoms with Crippen LogP contribution in [0.5, 0.6) is 0 Å². The number of hydrogen-bond acceptors (Lipinski definition) is 4. The molecule has 2 aliphatic heterocycles. The van der Waals surface area contributed by atoms with E-state index >= 15 is 0 Å². The van der Waals surface area contributed by atoms with Crippen molar-refractivity contribution in [2.24, 2.45) is 0 Å². The van der Waals surface area contributed by atoms with E-state index in [1.54, 1.807) is 0 Å². The molecule has 0 unspecified atom stereocenters. The Balaban J connectivity index is 1.27. The second-order valence-corrected chi connectivity index (χ2v) is 11.0. The molecule has 2 fully saturated rings. The normalized spacial score (nSPS) is 18.5. The van der Waals surface area contributed by atoms with Gasteiger partial charge in [0.15, 0.2) is 0 Å². The molecule has 0 bridgehead atoms. The van der Waals surface area contributed by atoms with Crippen molar-refractivity contribution in [2.45, 2.75) is 63.8 Å². The summed E-state index contributed by atoms with van der Waals surface area (Å²) in [6, 6.07) is 14.6. The van der Waals surface area contributed by atoms with Gasteiger partial charge >= 0.3 is 0 Å². The number of benzene rings is 2. The molecule has 3 heterocycles. The Morgan fingerprint density at radius 3 is 2.51 bits per heavy atom. The van der Waals surface area contributed by atoms with E-state index in [4.69, 9.17) is 10.2 Å². The fourth-order valence-corrected chi connectivity index (χ4v) is 6.06. The first-order valence-corrected chi connectivity index (χ1v) is 13.8. The molecule has 37 heavy (non-hydrogen) atoms. The lowest BCUT2D eigenvalue weighted by Gasteiger charge is -2.33. The van der Waals surface area contributed by atoms with Gasteiger partial charge < -0.3 is 14.8 Å². The summed E-state index contributed by atoms with van der Waals surface area (Å²) in [5.41, 5.74) is 8.81. The van der Waals surface area contributed by atoms with Crippen molar-refractivity contribution >= 4 is 5.91 Å². The number of carbonyl (C=O) groups is 1. The Hall–Kier alpha value is -3.43. The number of aromatic amines is 1. The first kappa shape index (κ1) is 23.9. The second kappa shape index (κ2) is 9.79. The molecule has 1 aliphatic carbocycles. The van der Waals surface area contributed by atoms with E-state index in [2.05, 4.69) is 54.2 Å². The summed E-state index contributed by atoms with van der Waals surface area (Å²) in [6.45, 7) is 5.60. The Morgan fingerprint density at radius 1 is 1.08 bits per heavy atom. The van der Waals surface area contributed by atoms with Crippen LogP contribution in [0.4, 0.5) is 0 Å². The van der Waals surface area contributed by atoms with E-state index < -0.39 is 0 Å². The van der Waals surface area contributed by atoms with Crippen LogP contribution in [-0.4, -0.2) is 52.4 Å². The summed E-state index contributed by atoms with van der Waals surface area (Å²) >= 11 is 0. The predicted molar refractivity (Wildman–Crippen MR) is 144 cm³/mol.